The molecule has 1 saturated heterocycles. The first-order chi connectivity index (χ1) is 8.26. The molecule has 6 heteroatoms. The Hall–Kier alpha value is -1.48. The van der Waals surface area contributed by atoms with Crippen molar-refractivity contribution in [1.82, 2.24) is 14.5 Å². The van der Waals surface area contributed by atoms with Crippen molar-refractivity contribution < 1.29 is 4.79 Å². The Morgan fingerprint density at radius 2 is 2.29 bits per heavy atom. The van der Waals surface area contributed by atoms with E-state index < -0.39 is 0 Å². The van der Waals surface area contributed by atoms with Crippen molar-refractivity contribution in [3.05, 3.63) is 10.6 Å². The highest BCUT2D eigenvalue weighted by Crippen LogP contribution is 2.20. The molecule has 90 valence electrons. The van der Waals surface area contributed by atoms with E-state index in [1.54, 1.807) is 0 Å². The van der Waals surface area contributed by atoms with Crippen LogP contribution >= 0.6 is 11.5 Å². The van der Waals surface area contributed by atoms with Gasteiger partial charge in [0.1, 0.15) is 4.88 Å². The number of carbonyl (C=O) groups excluding carboxylic acids is 1. The molecular formula is C11H14N4OS. The molecular weight excluding hydrogens is 236 g/mol. The van der Waals surface area contributed by atoms with Gasteiger partial charge >= 0.3 is 0 Å². The maximum Gasteiger partial charge on any atom is 0.267 e. The van der Waals surface area contributed by atoms with Crippen LogP contribution in [0.4, 0.5) is 0 Å². The Labute approximate surface area is 104 Å². The molecule has 2 rings (SSSR count). The van der Waals surface area contributed by atoms with Crippen LogP contribution in [0.2, 0.25) is 0 Å². The summed E-state index contributed by atoms with van der Waals surface area (Å²) in [5, 5.41) is 12.8. The van der Waals surface area contributed by atoms with Gasteiger partial charge in [-0.05, 0) is 30.8 Å². The van der Waals surface area contributed by atoms with Gasteiger partial charge in [0.25, 0.3) is 5.91 Å². The third-order valence-corrected chi connectivity index (χ3v) is 3.81. The van der Waals surface area contributed by atoms with Crippen LogP contribution in [0, 0.1) is 17.2 Å². The molecule has 1 aliphatic rings. The molecule has 1 aromatic rings. The summed E-state index contributed by atoms with van der Waals surface area (Å²) in [5.74, 6) is 0.123. The van der Waals surface area contributed by atoms with Crippen LogP contribution in [0.25, 0.3) is 0 Å². The molecule has 0 aliphatic carbocycles. The zero-order chi connectivity index (χ0) is 12.3. The molecule has 1 amide bonds. The van der Waals surface area contributed by atoms with E-state index in [4.69, 9.17) is 5.26 Å². The van der Waals surface area contributed by atoms with Crippen LogP contribution in [0.3, 0.4) is 0 Å². The van der Waals surface area contributed by atoms with E-state index in [-0.39, 0.29) is 11.8 Å². The summed E-state index contributed by atoms with van der Waals surface area (Å²) >= 11 is 1.17. The van der Waals surface area contributed by atoms with Gasteiger partial charge in [0.15, 0.2) is 0 Å². The topological polar surface area (TPSA) is 69.9 Å². The summed E-state index contributed by atoms with van der Waals surface area (Å²) in [6, 6.07) is 2.26. The lowest BCUT2D eigenvalue weighted by Gasteiger charge is -2.28. The fraction of sp³-hybridized carbons (Fsp3) is 0.636. The smallest absolute Gasteiger partial charge is 0.267 e. The molecule has 0 N–H and O–H groups in total. The zero-order valence-corrected chi connectivity index (χ0v) is 10.5. The third-order valence-electron chi connectivity index (χ3n) is 3.05. The molecule has 1 aromatic heterocycles. The zero-order valence-electron chi connectivity index (χ0n) is 9.72. The Bertz CT molecular complexity index is 443. The normalized spacial score (nSPS) is 16.8. The highest BCUT2D eigenvalue weighted by molar-refractivity contribution is 7.08. The number of nitrogens with zero attached hydrogens (tertiary/aromatic N) is 4. The first kappa shape index (κ1) is 12.0. The number of amides is 1. The summed E-state index contributed by atoms with van der Waals surface area (Å²) in [4.78, 5) is 14.7. The lowest BCUT2D eigenvalue weighted by atomic mass is 9.98. The summed E-state index contributed by atoms with van der Waals surface area (Å²) in [7, 11) is 0. The van der Waals surface area contributed by atoms with E-state index in [9.17, 15) is 4.79 Å². The number of piperidine rings is 1. The van der Waals surface area contributed by atoms with E-state index in [2.05, 4.69) is 15.7 Å². The van der Waals surface area contributed by atoms with Crippen molar-refractivity contribution in [3.8, 4) is 6.07 Å². The number of nitriles is 1. The molecule has 17 heavy (non-hydrogen) atoms. The van der Waals surface area contributed by atoms with Crippen LogP contribution in [0.5, 0.6) is 0 Å². The number of rotatable bonds is 2. The van der Waals surface area contributed by atoms with Crippen LogP contribution in [-0.2, 0) is 6.42 Å². The van der Waals surface area contributed by atoms with Crippen molar-refractivity contribution in [2.75, 3.05) is 13.1 Å². The van der Waals surface area contributed by atoms with Gasteiger partial charge in [0, 0.05) is 19.0 Å². The number of carbonyl (C=O) groups is 1. The van der Waals surface area contributed by atoms with E-state index in [0.717, 1.165) is 25.0 Å². The molecule has 0 radical (unpaired) electrons. The summed E-state index contributed by atoms with van der Waals surface area (Å²) < 4.78 is 3.83. The highest BCUT2D eigenvalue weighted by Gasteiger charge is 2.26. The van der Waals surface area contributed by atoms with E-state index in [0.29, 0.717) is 18.0 Å². The summed E-state index contributed by atoms with van der Waals surface area (Å²) in [5.41, 5.74) is 0.780. The second-order valence-electron chi connectivity index (χ2n) is 4.10. The fourth-order valence-corrected chi connectivity index (χ4v) is 2.68. The van der Waals surface area contributed by atoms with Crippen LogP contribution in [-0.4, -0.2) is 33.5 Å². The second-order valence-corrected chi connectivity index (χ2v) is 4.85. The molecule has 2 heterocycles. The number of hydrogen-bond donors (Lipinski definition) is 0. The van der Waals surface area contributed by atoms with Gasteiger partial charge in [-0.25, -0.2) is 0 Å². The first-order valence-electron chi connectivity index (χ1n) is 5.76. The van der Waals surface area contributed by atoms with Gasteiger partial charge in [0.05, 0.1) is 11.8 Å². The quantitative estimate of drug-likeness (QED) is 0.797. The average molecular weight is 250 g/mol. The lowest BCUT2D eigenvalue weighted by molar-refractivity contribution is 0.0711. The third kappa shape index (κ3) is 2.44. The number of aromatic nitrogens is 2. The van der Waals surface area contributed by atoms with E-state index in [1.165, 1.54) is 11.5 Å². The van der Waals surface area contributed by atoms with Gasteiger partial charge in [0.2, 0.25) is 0 Å². The fourth-order valence-electron chi connectivity index (χ4n) is 1.96. The molecule has 0 spiro atoms. The van der Waals surface area contributed by atoms with E-state index >= 15 is 0 Å². The predicted octanol–water partition coefficient (Wildman–Crippen LogP) is 1.48. The largest absolute Gasteiger partial charge is 0.338 e. The van der Waals surface area contributed by atoms with Crippen LogP contribution in [0.15, 0.2) is 0 Å². The van der Waals surface area contributed by atoms with Crippen LogP contribution in [0.1, 0.15) is 35.1 Å². The van der Waals surface area contributed by atoms with Crippen molar-refractivity contribution in [3.63, 3.8) is 0 Å². The molecule has 5 nitrogen and oxygen atoms in total. The number of likely N-dealkylation sites (tertiary alicyclic amines) is 1. The van der Waals surface area contributed by atoms with Gasteiger partial charge in [-0.2, -0.15) is 5.26 Å². The van der Waals surface area contributed by atoms with Crippen molar-refractivity contribution in [1.29, 1.82) is 5.26 Å². The van der Waals surface area contributed by atoms with Gasteiger partial charge in [-0.15, -0.1) is 5.10 Å². The average Bonchev–Trinajstić information content (AvgIpc) is 2.86. The monoisotopic (exact) mass is 250 g/mol. The van der Waals surface area contributed by atoms with E-state index in [1.807, 2.05) is 11.8 Å². The minimum atomic E-state index is 0.0215. The van der Waals surface area contributed by atoms with Crippen molar-refractivity contribution in [2.45, 2.75) is 26.2 Å². The lowest BCUT2D eigenvalue weighted by Crippen LogP contribution is -2.38. The minimum Gasteiger partial charge on any atom is -0.338 e. The highest BCUT2D eigenvalue weighted by atomic mass is 32.1. The molecule has 1 aliphatic heterocycles. The Morgan fingerprint density at radius 1 is 1.59 bits per heavy atom. The van der Waals surface area contributed by atoms with Crippen LogP contribution < -0.4 is 0 Å². The summed E-state index contributed by atoms with van der Waals surface area (Å²) in [6.07, 6.45) is 2.28. The minimum absolute atomic E-state index is 0.0215. The van der Waals surface area contributed by atoms with Crippen molar-refractivity contribution in [2.24, 2.45) is 5.92 Å². The van der Waals surface area contributed by atoms with Gasteiger partial charge in [-0.1, -0.05) is 11.4 Å². The second kappa shape index (κ2) is 5.23. The van der Waals surface area contributed by atoms with Gasteiger partial charge in [-0.3, -0.25) is 4.79 Å². The molecule has 1 fully saturated rings. The first-order valence-corrected chi connectivity index (χ1v) is 6.53. The number of aryl methyl sites for hydroxylation is 1. The molecule has 0 unspecified atom stereocenters. The molecule has 0 bridgehead atoms. The SMILES string of the molecule is CCc1nnsc1C(=O)N1CCC(C#N)CC1. The maximum absolute atomic E-state index is 12.2. The van der Waals surface area contributed by atoms with Gasteiger partial charge < -0.3 is 4.90 Å². The summed E-state index contributed by atoms with van der Waals surface area (Å²) in [6.45, 7) is 3.30. The van der Waals surface area contributed by atoms with Crippen molar-refractivity contribution >= 4 is 17.4 Å². The Morgan fingerprint density at radius 3 is 2.88 bits per heavy atom. The Kier molecular flexibility index (Phi) is 3.69. The maximum atomic E-state index is 12.2. The molecule has 0 saturated carbocycles. The standard InChI is InChI=1S/C11H14N4OS/c1-2-9-10(17-14-13-9)11(16)15-5-3-8(7-12)4-6-15/h8H,2-6H2,1H3. The number of hydrogen-bond acceptors (Lipinski definition) is 5. The molecule has 0 atom stereocenters. The molecule has 0 aromatic carbocycles. The predicted molar refractivity (Wildman–Crippen MR) is 63.5 cm³/mol. The Balaban J connectivity index is 2.05.